The number of urea groups is 1. The highest BCUT2D eigenvalue weighted by molar-refractivity contribution is 8.25. The van der Waals surface area contributed by atoms with Gasteiger partial charge in [-0.2, -0.15) is 4.39 Å². The third-order valence-electron chi connectivity index (χ3n) is 6.44. The molecule has 35 heavy (non-hydrogen) atoms. The van der Waals surface area contributed by atoms with Gasteiger partial charge in [0.1, 0.15) is 4.75 Å². The molecule has 0 bridgehead atoms. The molecule has 11 heteroatoms. The van der Waals surface area contributed by atoms with Gasteiger partial charge < -0.3 is 14.7 Å². The monoisotopic (exact) mass is 529 g/mol. The molecule has 1 aromatic carbocycles. The first kappa shape index (κ1) is 27.6. The fraction of sp³-hybridized carbons (Fsp3) is 0.625. The topological polar surface area (TPSA) is 91.2 Å². The summed E-state index contributed by atoms with van der Waals surface area (Å²) in [4.78, 5) is 30.8. The van der Waals surface area contributed by atoms with Gasteiger partial charge in [-0.3, -0.25) is 15.1 Å². The molecule has 2 N–H and O–H groups in total. The molecule has 0 aromatic heterocycles. The molecule has 1 heterocycles. The molecule has 1 unspecified atom stereocenters. The molecule has 1 fully saturated rings. The maximum Gasteiger partial charge on any atom is 0.323 e. The van der Waals surface area contributed by atoms with Crippen molar-refractivity contribution in [3.8, 4) is 5.75 Å². The predicted molar refractivity (Wildman–Crippen MR) is 136 cm³/mol. The largest absolute Gasteiger partial charge is 0.494 e. The van der Waals surface area contributed by atoms with Crippen molar-refractivity contribution in [2.45, 2.75) is 68.2 Å². The molecule has 1 aromatic rings. The van der Waals surface area contributed by atoms with E-state index >= 15 is 0 Å². The average Bonchev–Trinajstić information content (AvgIpc) is 3.23. The van der Waals surface area contributed by atoms with Crippen molar-refractivity contribution in [3.05, 3.63) is 29.3 Å². The third kappa shape index (κ3) is 7.03. The zero-order valence-corrected chi connectivity index (χ0v) is 22.1. The number of hydrogen-bond acceptors (Lipinski definition) is 6. The Morgan fingerprint density at radius 3 is 2.57 bits per heavy atom. The van der Waals surface area contributed by atoms with Gasteiger partial charge in [0.25, 0.3) is 0 Å². The van der Waals surface area contributed by atoms with E-state index in [1.807, 2.05) is 0 Å². The second-order valence-electron chi connectivity index (χ2n) is 9.47. The van der Waals surface area contributed by atoms with E-state index in [1.165, 1.54) is 42.8 Å². The van der Waals surface area contributed by atoms with E-state index in [-0.39, 0.29) is 40.9 Å². The SMILES string of the molecule is COc1ccc(CCN(C(=O)NC2=NCC(SC(C)(C)C(=O)O)S2)[C@H]2CC[C@H](C)CC2)c(F)c1F. The molecule has 1 aliphatic heterocycles. The van der Waals surface area contributed by atoms with Crippen LogP contribution < -0.4 is 10.1 Å². The molecule has 0 radical (unpaired) electrons. The smallest absolute Gasteiger partial charge is 0.323 e. The van der Waals surface area contributed by atoms with Gasteiger partial charge in [-0.1, -0.05) is 24.8 Å². The molecule has 0 spiro atoms. The fourth-order valence-electron chi connectivity index (χ4n) is 4.20. The van der Waals surface area contributed by atoms with Crippen LogP contribution in [0.1, 0.15) is 52.0 Å². The number of carboxylic acid groups (broad SMARTS) is 1. The van der Waals surface area contributed by atoms with Crippen LogP contribution in [0.15, 0.2) is 17.1 Å². The van der Waals surface area contributed by atoms with Gasteiger partial charge in [-0.25, -0.2) is 9.18 Å². The number of carbonyl (C=O) groups excluding carboxylic acids is 1. The van der Waals surface area contributed by atoms with Gasteiger partial charge in [0.15, 0.2) is 16.7 Å². The summed E-state index contributed by atoms with van der Waals surface area (Å²) in [6.45, 7) is 6.11. The predicted octanol–water partition coefficient (Wildman–Crippen LogP) is 5.13. The summed E-state index contributed by atoms with van der Waals surface area (Å²) < 4.78 is 32.4. The summed E-state index contributed by atoms with van der Waals surface area (Å²) in [7, 11) is 1.28. The van der Waals surface area contributed by atoms with Gasteiger partial charge in [-0.05, 0) is 63.5 Å². The molecule has 7 nitrogen and oxygen atoms in total. The number of aliphatic carboxylic acids is 1. The Morgan fingerprint density at radius 1 is 1.26 bits per heavy atom. The van der Waals surface area contributed by atoms with Crippen LogP contribution in [0.25, 0.3) is 0 Å². The zero-order valence-electron chi connectivity index (χ0n) is 20.5. The molecule has 1 atom stereocenters. The first-order valence-electron chi connectivity index (χ1n) is 11.7. The van der Waals surface area contributed by atoms with Gasteiger partial charge in [0.2, 0.25) is 5.82 Å². The molecule has 1 saturated carbocycles. The number of carboxylic acids is 1. The first-order valence-corrected chi connectivity index (χ1v) is 13.5. The van der Waals surface area contributed by atoms with Crippen LogP contribution in [0.3, 0.4) is 0 Å². The minimum absolute atomic E-state index is 0.000440. The van der Waals surface area contributed by atoms with Gasteiger partial charge in [0.05, 0.1) is 18.2 Å². The van der Waals surface area contributed by atoms with E-state index in [4.69, 9.17) is 4.74 Å². The number of carbonyl (C=O) groups is 2. The van der Waals surface area contributed by atoms with E-state index in [0.717, 1.165) is 25.7 Å². The molecule has 2 aliphatic rings. The number of nitrogens with one attached hydrogen (secondary N) is 1. The lowest BCUT2D eigenvalue weighted by atomic mass is 9.86. The van der Waals surface area contributed by atoms with Crippen molar-refractivity contribution >= 4 is 40.7 Å². The number of halogens is 2. The number of aliphatic imine (C=N–C) groups is 1. The average molecular weight is 530 g/mol. The summed E-state index contributed by atoms with van der Waals surface area (Å²) in [5.41, 5.74) is 0.185. The summed E-state index contributed by atoms with van der Waals surface area (Å²) >= 11 is 2.63. The highest BCUT2D eigenvalue weighted by atomic mass is 32.2. The minimum atomic E-state index is -1.03. The lowest BCUT2D eigenvalue weighted by Crippen LogP contribution is -2.49. The number of methoxy groups -OCH3 is 1. The number of amidine groups is 1. The van der Waals surface area contributed by atoms with E-state index in [0.29, 0.717) is 17.6 Å². The van der Waals surface area contributed by atoms with Crippen molar-refractivity contribution in [1.82, 2.24) is 10.2 Å². The normalized spacial score (nSPS) is 22.5. The Kier molecular flexibility index (Phi) is 9.31. The van der Waals surface area contributed by atoms with Crippen molar-refractivity contribution in [1.29, 1.82) is 0 Å². The van der Waals surface area contributed by atoms with Crippen LogP contribution >= 0.6 is 23.5 Å². The lowest BCUT2D eigenvalue weighted by molar-refractivity contribution is -0.138. The quantitative estimate of drug-likeness (QED) is 0.485. The van der Waals surface area contributed by atoms with Crippen LogP contribution in [-0.4, -0.2) is 62.7 Å². The van der Waals surface area contributed by atoms with E-state index in [2.05, 4.69) is 17.2 Å². The molecular formula is C24H33F2N3O4S2. The Morgan fingerprint density at radius 2 is 1.94 bits per heavy atom. The standard InChI is InChI=1S/C24H33F2N3O4S2/c1-14-5-8-16(9-6-14)29(12-11-15-7-10-17(33-4)20(26)19(15)25)23(32)28-22-27-13-18(34-22)35-24(2,3)21(30)31/h7,10,14,16,18H,5-6,8-9,11-13H2,1-4H3,(H,30,31)(H,27,28,32)/t14-,16-,18?. The van der Waals surface area contributed by atoms with Crippen LogP contribution in [0, 0.1) is 17.6 Å². The second-order valence-corrected chi connectivity index (χ2v) is 12.8. The Bertz CT molecular complexity index is 968. The van der Waals surface area contributed by atoms with Crippen molar-refractivity contribution < 1.29 is 28.2 Å². The molecular weight excluding hydrogens is 496 g/mol. The second kappa shape index (κ2) is 11.8. The van der Waals surface area contributed by atoms with Crippen LogP contribution in [-0.2, 0) is 11.2 Å². The van der Waals surface area contributed by atoms with E-state index in [9.17, 15) is 23.5 Å². The molecule has 0 saturated heterocycles. The number of hydrogen-bond donors (Lipinski definition) is 2. The number of ether oxygens (including phenoxy) is 1. The molecule has 3 rings (SSSR count). The highest BCUT2D eigenvalue weighted by Gasteiger charge is 2.35. The number of thioether (sulfide) groups is 2. The summed E-state index contributed by atoms with van der Waals surface area (Å²) in [6.07, 6.45) is 3.85. The van der Waals surface area contributed by atoms with E-state index < -0.39 is 22.4 Å². The van der Waals surface area contributed by atoms with Gasteiger partial charge >= 0.3 is 12.0 Å². The number of benzene rings is 1. The Labute approximate surface area is 213 Å². The maximum atomic E-state index is 14.5. The summed E-state index contributed by atoms with van der Waals surface area (Å²) in [6, 6.07) is 2.55. The number of amides is 2. The molecule has 2 amide bonds. The van der Waals surface area contributed by atoms with Crippen molar-refractivity contribution in [2.24, 2.45) is 10.9 Å². The van der Waals surface area contributed by atoms with Crippen molar-refractivity contribution in [2.75, 3.05) is 20.2 Å². The fourth-order valence-corrected chi connectivity index (χ4v) is 6.98. The summed E-state index contributed by atoms with van der Waals surface area (Å²) in [5.74, 6) is -2.46. The van der Waals surface area contributed by atoms with E-state index in [1.54, 1.807) is 18.7 Å². The number of nitrogens with zero attached hydrogens (tertiary/aromatic N) is 2. The maximum absolute atomic E-state index is 14.5. The van der Waals surface area contributed by atoms with Gasteiger partial charge in [-0.15, -0.1) is 11.8 Å². The number of rotatable bonds is 8. The Balaban J connectivity index is 1.67. The summed E-state index contributed by atoms with van der Waals surface area (Å²) in [5, 5.41) is 12.7. The van der Waals surface area contributed by atoms with Gasteiger partial charge in [0, 0.05) is 12.6 Å². The van der Waals surface area contributed by atoms with Crippen LogP contribution in [0.5, 0.6) is 5.75 Å². The molecule has 1 aliphatic carbocycles. The Hall–Kier alpha value is -2.01. The van der Waals surface area contributed by atoms with Crippen LogP contribution in [0.2, 0.25) is 0 Å². The lowest BCUT2D eigenvalue weighted by Gasteiger charge is -2.36. The van der Waals surface area contributed by atoms with Crippen molar-refractivity contribution in [3.63, 3.8) is 0 Å². The first-order chi connectivity index (χ1) is 16.5. The minimum Gasteiger partial charge on any atom is -0.494 e. The highest BCUT2D eigenvalue weighted by Crippen LogP contribution is 2.38. The zero-order chi connectivity index (χ0) is 25.8. The third-order valence-corrected chi connectivity index (χ3v) is 9.06. The molecule has 194 valence electrons. The van der Waals surface area contributed by atoms with Crippen LogP contribution in [0.4, 0.5) is 13.6 Å².